The molecular formula is C20H33IN4O2. The quantitative estimate of drug-likeness (QED) is 0.243. The Morgan fingerprint density at radius 1 is 1.26 bits per heavy atom. The molecule has 0 spiro atoms. The van der Waals surface area contributed by atoms with Gasteiger partial charge in [0, 0.05) is 31.9 Å². The first-order valence-corrected chi connectivity index (χ1v) is 9.60. The molecule has 6 nitrogen and oxygen atoms in total. The van der Waals surface area contributed by atoms with Crippen LogP contribution in [-0.4, -0.2) is 51.3 Å². The zero-order valence-electron chi connectivity index (χ0n) is 16.7. The highest BCUT2D eigenvalue weighted by atomic mass is 127. The van der Waals surface area contributed by atoms with Crippen molar-refractivity contribution in [2.24, 2.45) is 10.9 Å². The number of ether oxygens (including phenoxy) is 1. The van der Waals surface area contributed by atoms with Crippen molar-refractivity contribution in [1.29, 1.82) is 0 Å². The summed E-state index contributed by atoms with van der Waals surface area (Å²) in [5, 5.41) is 6.39. The summed E-state index contributed by atoms with van der Waals surface area (Å²) >= 11 is 0. The van der Waals surface area contributed by atoms with Gasteiger partial charge in [-0.3, -0.25) is 4.79 Å². The van der Waals surface area contributed by atoms with E-state index in [-0.39, 0.29) is 36.4 Å². The number of guanidine groups is 1. The van der Waals surface area contributed by atoms with Crippen molar-refractivity contribution in [3.8, 4) is 0 Å². The van der Waals surface area contributed by atoms with Gasteiger partial charge in [-0.1, -0.05) is 32.0 Å². The van der Waals surface area contributed by atoms with Crippen molar-refractivity contribution in [2.75, 3.05) is 44.3 Å². The molecule has 27 heavy (non-hydrogen) atoms. The van der Waals surface area contributed by atoms with Crippen molar-refractivity contribution in [3.63, 3.8) is 0 Å². The third-order valence-corrected chi connectivity index (χ3v) is 4.28. The van der Waals surface area contributed by atoms with Gasteiger partial charge in [-0.2, -0.15) is 0 Å². The number of anilines is 1. The molecule has 7 heteroatoms. The Balaban J connectivity index is 0.00000364. The lowest BCUT2D eigenvalue weighted by Gasteiger charge is -2.17. The van der Waals surface area contributed by atoms with Crippen LogP contribution in [0.15, 0.2) is 29.3 Å². The summed E-state index contributed by atoms with van der Waals surface area (Å²) in [6, 6.07) is 8.07. The first-order valence-electron chi connectivity index (χ1n) is 9.60. The number of halogens is 1. The number of aliphatic imine (C=N–C) groups is 1. The molecule has 1 heterocycles. The van der Waals surface area contributed by atoms with Crippen LogP contribution in [0.4, 0.5) is 5.69 Å². The highest BCUT2D eigenvalue weighted by Crippen LogP contribution is 2.27. The number of para-hydroxylation sites is 1. The monoisotopic (exact) mass is 488 g/mol. The van der Waals surface area contributed by atoms with E-state index in [9.17, 15) is 4.79 Å². The molecule has 0 aliphatic carbocycles. The fourth-order valence-corrected chi connectivity index (χ4v) is 2.83. The molecule has 1 aliphatic rings. The van der Waals surface area contributed by atoms with Gasteiger partial charge in [0.1, 0.15) is 6.54 Å². The Morgan fingerprint density at radius 2 is 2.04 bits per heavy atom. The maximum absolute atomic E-state index is 12.5. The number of carbonyl (C=O) groups is 1. The van der Waals surface area contributed by atoms with Gasteiger partial charge >= 0.3 is 0 Å². The van der Waals surface area contributed by atoms with E-state index in [0.717, 1.165) is 38.2 Å². The van der Waals surface area contributed by atoms with Crippen LogP contribution in [0.1, 0.15) is 32.8 Å². The topological polar surface area (TPSA) is 66.0 Å². The molecule has 2 N–H and O–H groups in total. The highest BCUT2D eigenvalue weighted by molar-refractivity contribution is 14.0. The molecule has 0 bridgehead atoms. The first-order chi connectivity index (χ1) is 12.6. The summed E-state index contributed by atoms with van der Waals surface area (Å²) in [4.78, 5) is 18.8. The number of amides is 1. The summed E-state index contributed by atoms with van der Waals surface area (Å²) < 4.78 is 5.60. The van der Waals surface area contributed by atoms with Crippen LogP contribution in [0.2, 0.25) is 0 Å². The molecule has 1 amide bonds. The summed E-state index contributed by atoms with van der Waals surface area (Å²) in [7, 11) is 0. The van der Waals surface area contributed by atoms with E-state index in [1.807, 2.05) is 30.0 Å². The second kappa shape index (κ2) is 12.9. The van der Waals surface area contributed by atoms with Crippen LogP contribution in [0, 0.1) is 5.92 Å². The lowest BCUT2D eigenvalue weighted by molar-refractivity contribution is -0.117. The number of carbonyl (C=O) groups excluding carboxylic acids is 1. The van der Waals surface area contributed by atoms with Crippen LogP contribution in [0.3, 0.4) is 0 Å². The Bertz CT molecular complexity index is 607. The Morgan fingerprint density at radius 3 is 2.78 bits per heavy atom. The first kappa shape index (κ1) is 23.7. The van der Waals surface area contributed by atoms with Gasteiger partial charge in [0.25, 0.3) is 0 Å². The second-order valence-electron chi connectivity index (χ2n) is 6.84. The van der Waals surface area contributed by atoms with E-state index in [1.165, 1.54) is 5.56 Å². The Labute approximate surface area is 180 Å². The van der Waals surface area contributed by atoms with Crippen LogP contribution in [-0.2, 0) is 16.0 Å². The maximum atomic E-state index is 12.5. The summed E-state index contributed by atoms with van der Waals surface area (Å²) in [5.74, 6) is 1.34. The predicted octanol–water partition coefficient (Wildman–Crippen LogP) is 2.81. The third-order valence-electron chi connectivity index (χ3n) is 4.28. The van der Waals surface area contributed by atoms with Gasteiger partial charge < -0.3 is 20.3 Å². The maximum Gasteiger partial charge on any atom is 0.248 e. The number of rotatable bonds is 9. The minimum atomic E-state index is 0. The lowest BCUT2D eigenvalue weighted by Crippen LogP contribution is -2.40. The van der Waals surface area contributed by atoms with E-state index >= 15 is 0 Å². The van der Waals surface area contributed by atoms with Gasteiger partial charge in [0.2, 0.25) is 5.91 Å². The zero-order chi connectivity index (χ0) is 18.8. The Kier molecular flexibility index (Phi) is 11.3. The van der Waals surface area contributed by atoms with Gasteiger partial charge in [-0.15, -0.1) is 24.0 Å². The smallest absolute Gasteiger partial charge is 0.248 e. The number of hydrogen-bond acceptors (Lipinski definition) is 3. The fraction of sp³-hybridized carbons (Fsp3) is 0.600. The van der Waals surface area contributed by atoms with Crippen molar-refractivity contribution < 1.29 is 9.53 Å². The molecule has 0 unspecified atom stereocenters. The molecular weight excluding hydrogens is 455 g/mol. The van der Waals surface area contributed by atoms with Crippen LogP contribution in [0.5, 0.6) is 0 Å². The summed E-state index contributed by atoms with van der Waals surface area (Å²) in [6.45, 7) is 10.1. The van der Waals surface area contributed by atoms with E-state index < -0.39 is 0 Å². The number of nitrogens with zero attached hydrogens (tertiary/aromatic N) is 2. The Hall–Kier alpha value is -1.35. The predicted molar refractivity (Wildman–Crippen MR) is 122 cm³/mol. The van der Waals surface area contributed by atoms with Gasteiger partial charge in [-0.05, 0) is 37.3 Å². The lowest BCUT2D eigenvalue weighted by atomic mass is 10.1. The molecule has 152 valence electrons. The molecule has 0 saturated carbocycles. The van der Waals surface area contributed by atoms with Gasteiger partial charge in [0.15, 0.2) is 5.96 Å². The number of nitrogens with one attached hydrogen (secondary N) is 2. The van der Waals surface area contributed by atoms with Gasteiger partial charge in [0.05, 0.1) is 6.61 Å². The molecule has 1 aliphatic heterocycles. The van der Waals surface area contributed by atoms with E-state index in [1.54, 1.807) is 0 Å². The van der Waals surface area contributed by atoms with Crippen LogP contribution in [0.25, 0.3) is 0 Å². The number of fused-ring (bicyclic) bond motifs is 1. The molecule has 0 fully saturated rings. The average molecular weight is 488 g/mol. The minimum Gasteiger partial charge on any atom is -0.380 e. The zero-order valence-corrected chi connectivity index (χ0v) is 19.0. The normalized spacial score (nSPS) is 13.3. The molecule has 0 saturated heterocycles. The average Bonchev–Trinajstić information content (AvgIpc) is 3.06. The van der Waals surface area contributed by atoms with E-state index in [2.05, 4.69) is 35.5 Å². The van der Waals surface area contributed by atoms with E-state index in [0.29, 0.717) is 25.0 Å². The number of hydrogen-bond donors (Lipinski definition) is 2. The molecule has 0 atom stereocenters. The van der Waals surface area contributed by atoms with Crippen molar-refractivity contribution in [1.82, 2.24) is 10.6 Å². The van der Waals surface area contributed by atoms with Crippen molar-refractivity contribution in [2.45, 2.75) is 33.6 Å². The molecule has 1 aromatic rings. The van der Waals surface area contributed by atoms with Crippen molar-refractivity contribution in [3.05, 3.63) is 29.8 Å². The molecule has 0 radical (unpaired) electrons. The molecule has 0 aromatic heterocycles. The van der Waals surface area contributed by atoms with Crippen molar-refractivity contribution >= 4 is 41.5 Å². The SMILES string of the molecule is CCNC(=NCC(=O)N1CCc2ccccc21)NCCOCCC(C)C.I. The highest BCUT2D eigenvalue weighted by Gasteiger charge is 2.23. The largest absolute Gasteiger partial charge is 0.380 e. The molecule has 1 aromatic carbocycles. The van der Waals surface area contributed by atoms with Gasteiger partial charge in [-0.25, -0.2) is 4.99 Å². The second-order valence-corrected chi connectivity index (χ2v) is 6.84. The minimum absolute atomic E-state index is 0. The summed E-state index contributed by atoms with van der Waals surface area (Å²) in [6.07, 6.45) is 1.98. The number of benzene rings is 1. The van der Waals surface area contributed by atoms with E-state index in [4.69, 9.17) is 4.74 Å². The standard InChI is InChI=1S/C20H32N4O2.HI/c1-4-21-20(22-11-14-26-13-10-16(2)3)23-15-19(25)24-12-9-17-7-5-6-8-18(17)24;/h5-8,16H,4,9-15H2,1-3H3,(H2,21,22,23);1H. The molecule has 2 rings (SSSR count). The fourth-order valence-electron chi connectivity index (χ4n) is 2.83. The van der Waals surface area contributed by atoms with Crippen LogP contribution >= 0.6 is 24.0 Å². The van der Waals surface area contributed by atoms with Crippen LogP contribution < -0.4 is 15.5 Å². The third kappa shape index (κ3) is 8.04. The summed E-state index contributed by atoms with van der Waals surface area (Å²) in [5.41, 5.74) is 2.25.